The van der Waals surface area contributed by atoms with Crippen molar-refractivity contribution in [3.8, 4) is 0 Å². The Hall–Kier alpha value is -1.05. The molecule has 0 radical (unpaired) electrons. The number of hydrogen-bond acceptors (Lipinski definition) is 1. The van der Waals surface area contributed by atoms with Crippen LogP contribution in [0.25, 0.3) is 0 Å². The van der Waals surface area contributed by atoms with Crippen LogP contribution < -0.4 is 5.12 Å². The molecular formula is C11H14FN. The Balaban J connectivity index is 2.43. The van der Waals surface area contributed by atoms with Gasteiger partial charge in [0, 0.05) is 0 Å². The second kappa shape index (κ2) is 3.02. The summed E-state index contributed by atoms with van der Waals surface area (Å²) in [6.07, 6.45) is 0.984. The van der Waals surface area contributed by atoms with Crippen molar-refractivity contribution >= 4 is 5.69 Å². The number of rotatable bonds is 0. The molecular weight excluding hydrogens is 165 g/mol. The molecule has 0 spiro atoms. The van der Waals surface area contributed by atoms with Crippen molar-refractivity contribution in [2.75, 3.05) is 5.12 Å². The molecule has 1 aliphatic heterocycles. The summed E-state index contributed by atoms with van der Waals surface area (Å²) in [4.78, 5) is 0. The highest BCUT2D eigenvalue weighted by molar-refractivity contribution is 5.54. The molecule has 0 saturated heterocycles. The van der Waals surface area contributed by atoms with E-state index in [1.807, 2.05) is 31.2 Å². The van der Waals surface area contributed by atoms with Crippen LogP contribution in [0.4, 0.5) is 10.2 Å². The zero-order chi connectivity index (χ0) is 9.42. The van der Waals surface area contributed by atoms with Crippen LogP contribution in [-0.2, 0) is 6.42 Å². The fourth-order valence-corrected chi connectivity index (χ4v) is 1.85. The average molecular weight is 179 g/mol. The third-order valence-electron chi connectivity index (χ3n) is 2.94. The Morgan fingerprint density at radius 1 is 1.31 bits per heavy atom. The van der Waals surface area contributed by atoms with E-state index in [4.69, 9.17) is 0 Å². The minimum atomic E-state index is -0.00472. The van der Waals surface area contributed by atoms with Crippen molar-refractivity contribution in [3.05, 3.63) is 29.8 Å². The molecule has 2 unspecified atom stereocenters. The van der Waals surface area contributed by atoms with Gasteiger partial charge in [-0.2, -0.15) is 0 Å². The van der Waals surface area contributed by atoms with Crippen molar-refractivity contribution < 1.29 is 4.48 Å². The van der Waals surface area contributed by atoms with Gasteiger partial charge in [0.1, 0.15) is 0 Å². The molecule has 70 valence electrons. The summed E-state index contributed by atoms with van der Waals surface area (Å²) in [6.45, 7) is 4.02. The first kappa shape index (κ1) is 8.54. The van der Waals surface area contributed by atoms with E-state index in [1.165, 1.54) is 0 Å². The monoisotopic (exact) mass is 179 g/mol. The lowest BCUT2D eigenvalue weighted by Crippen LogP contribution is -2.36. The summed E-state index contributed by atoms with van der Waals surface area (Å²) in [5.74, 6) is 0.389. The van der Waals surface area contributed by atoms with Crippen LogP contribution in [0.15, 0.2) is 24.3 Å². The van der Waals surface area contributed by atoms with Gasteiger partial charge >= 0.3 is 0 Å². The van der Waals surface area contributed by atoms with Crippen LogP contribution in [0.3, 0.4) is 0 Å². The van der Waals surface area contributed by atoms with Gasteiger partial charge in [-0.3, -0.25) is 0 Å². The Bertz CT molecular complexity index is 311. The summed E-state index contributed by atoms with van der Waals surface area (Å²) in [5, 5.41) is 0.892. The maximum absolute atomic E-state index is 13.7. The summed E-state index contributed by atoms with van der Waals surface area (Å²) in [7, 11) is 0. The second-order valence-electron chi connectivity index (χ2n) is 3.86. The quantitative estimate of drug-likeness (QED) is 0.553. The van der Waals surface area contributed by atoms with Crippen LogP contribution in [0.2, 0.25) is 0 Å². The zero-order valence-electron chi connectivity index (χ0n) is 8.00. The van der Waals surface area contributed by atoms with Crippen molar-refractivity contribution in [1.29, 1.82) is 0 Å². The molecule has 2 atom stereocenters. The summed E-state index contributed by atoms with van der Waals surface area (Å²) < 4.78 is 13.7. The van der Waals surface area contributed by atoms with E-state index in [1.54, 1.807) is 0 Å². The van der Waals surface area contributed by atoms with E-state index in [0.29, 0.717) is 5.92 Å². The second-order valence-corrected chi connectivity index (χ2v) is 3.86. The van der Waals surface area contributed by atoms with E-state index >= 15 is 0 Å². The largest absolute Gasteiger partial charge is 0.208 e. The van der Waals surface area contributed by atoms with E-state index in [2.05, 4.69) is 6.92 Å². The van der Waals surface area contributed by atoms with Gasteiger partial charge in [0.2, 0.25) is 0 Å². The first-order valence-electron chi connectivity index (χ1n) is 4.73. The van der Waals surface area contributed by atoms with Crippen LogP contribution in [0, 0.1) is 5.92 Å². The van der Waals surface area contributed by atoms with Gasteiger partial charge < -0.3 is 0 Å². The molecule has 1 nitrogen and oxygen atoms in total. The molecule has 1 aromatic rings. The first-order chi connectivity index (χ1) is 6.20. The maximum Gasteiger partial charge on any atom is 0.0723 e. The van der Waals surface area contributed by atoms with E-state index < -0.39 is 0 Å². The minimum absolute atomic E-state index is 0.00472. The lowest BCUT2D eigenvalue weighted by atomic mass is 9.89. The highest BCUT2D eigenvalue weighted by Gasteiger charge is 2.28. The van der Waals surface area contributed by atoms with Crippen molar-refractivity contribution in [2.24, 2.45) is 5.92 Å². The van der Waals surface area contributed by atoms with Crippen LogP contribution in [0.1, 0.15) is 19.4 Å². The Morgan fingerprint density at radius 2 is 2.00 bits per heavy atom. The SMILES string of the molecule is CC1Cc2ccccc2N(F)C1C. The third-order valence-corrected chi connectivity index (χ3v) is 2.94. The van der Waals surface area contributed by atoms with E-state index in [0.717, 1.165) is 22.8 Å². The number of fused-ring (bicyclic) bond motifs is 1. The molecule has 0 bridgehead atoms. The number of hydrogen-bond donors (Lipinski definition) is 0. The van der Waals surface area contributed by atoms with Gasteiger partial charge in [-0.25, -0.2) is 5.12 Å². The standard InChI is InChI=1S/C11H14FN/c1-8-7-10-5-3-4-6-11(10)13(12)9(8)2/h3-6,8-9H,7H2,1-2H3. The van der Waals surface area contributed by atoms with Crippen molar-refractivity contribution in [1.82, 2.24) is 0 Å². The predicted molar refractivity (Wildman–Crippen MR) is 52.4 cm³/mol. The van der Waals surface area contributed by atoms with Crippen LogP contribution in [-0.4, -0.2) is 6.04 Å². The molecule has 13 heavy (non-hydrogen) atoms. The molecule has 0 N–H and O–H groups in total. The molecule has 2 heteroatoms. The molecule has 0 aliphatic carbocycles. The predicted octanol–water partition coefficient (Wildman–Crippen LogP) is 2.96. The smallest absolute Gasteiger partial charge is 0.0723 e. The van der Waals surface area contributed by atoms with Gasteiger partial charge in [0.25, 0.3) is 0 Å². The Morgan fingerprint density at radius 3 is 2.77 bits per heavy atom. The van der Waals surface area contributed by atoms with Crippen molar-refractivity contribution in [2.45, 2.75) is 26.3 Å². The lowest BCUT2D eigenvalue weighted by Gasteiger charge is -2.33. The molecule has 2 rings (SSSR count). The van der Waals surface area contributed by atoms with Gasteiger partial charge in [0.15, 0.2) is 0 Å². The molecule has 0 saturated carbocycles. The number of nitrogens with zero attached hydrogens (tertiary/aromatic N) is 1. The molecule has 1 heterocycles. The number of para-hydroxylation sites is 1. The third kappa shape index (κ3) is 1.30. The highest BCUT2D eigenvalue weighted by Crippen LogP contribution is 2.33. The first-order valence-corrected chi connectivity index (χ1v) is 4.73. The average Bonchev–Trinajstić information content (AvgIpc) is 2.15. The topological polar surface area (TPSA) is 3.24 Å². The Labute approximate surface area is 78.1 Å². The molecule has 0 fully saturated rings. The highest BCUT2D eigenvalue weighted by atomic mass is 19.2. The molecule has 1 aromatic carbocycles. The summed E-state index contributed by atoms with van der Waals surface area (Å²) >= 11 is 0. The van der Waals surface area contributed by atoms with Gasteiger partial charge in [-0.1, -0.05) is 29.6 Å². The fourth-order valence-electron chi connectivity index (χ4n) is 1.85. The lowest BCUT2D eigenvalue weighted by molar-refractivity contribution is 0.298. The Kier molecular flexibility index (Phi) is 1.98. The molecule has 0 amide bonds. The van der Waals surface area contributed by atoms with Crippen LogP contribution in [0.5, 0.6) is 0 Å². The summed E-state index contributed by atoms with van der Waals surface area (Å²) in [5.41, 5.74) is 1.86. The van der Waals surface area contributed by atoms with E-state index in [9.17, 15) is 4.48 Å². The van der Waals surface area contributed by atoms with Crippen LogP contribution >= 0.6 is 0 Å². The minimum Gasteiger partial charge on any atom is -0.208 e. The number of anilines is 1. The van der Waals surface area contributed by atoms with E-state index in [-0.39, 0.29) is 6.04 Å². The maximum atomic E-state index is 13.7. The molecule has 0 aromatic heterocycles. The van der Waals surface area contributed by atoms with Gasteiger partial charge in [-0.15, -0.1) is 0 Å². The number of halogens is 1. The summed E-state index contributed by atoms with van der Waals surface area (Å²) in [6, 6.07) is 7.70. The van der Waals surface area contributed by atoms with Gasteiger partial charge in [0.05, 0.1) is 11.7 Å². The van der Waals surface area contributed by atoms with Gasteiger partial charge in [-0.05, 0) is 30.9 Å². The molecule has 1 aliphatic rings. The fraction of sp³-hybridized carbons (Fsp3) is 0.455. The van der Waals surface area contributed by atoms with Crippen molar-refractivity contribution in [3.63, 3.8) is 0 Å². The normalized spacial score (nSPS) is 27.2. The number of benzene rings is 1. The zero-order valence-corrected chi connectivity index (χ0v) is 8.00.